The normalized spacial score (nSPS) is 10.6. The van der Waals surface area contributed by atoms with Gasteiger partial charge in [0.15, 0.2) is 0 Å². The zero-order chi connectivity index (χ0) is 21.3. The second kappa shape index (κ2) is 10.4. The number of carbonyl (C=O) groups excluding carboxylic acids is 2. The summed E-state index contributed by atoms with van der Waals surface area (Å²) in [6.45, 7) is 0.388. The van der Waals surface area contributed by atoms with Crippen molar-refractivity contribution in [2.24, 2.45) is 5.10 Å². The zero-order valence-corrected chi connectivity index (χ0v) is 17.2. The molecule has 0 atom stereocenters. The summed E-state index contributed by atoms with van der Waals surface area (Å²) < 4.78 is 5.75. The van der Waals surface area contributed by atoms with E-state index in [2.05, 4.69) is 15.8 Å². The van der Waals surface area contributed by atoms with Gasteiger partial charge in [0.1, 0.15) is 12.4 Å². The Hall–Kier alpha value is -3.35. The summed E-state index contributed by atoms with van der Waals surface area (Å²) in [6.07, 6.45) is 1.42. The Labute approximate surface area is 183 Å². The number of amides is 2. The second-order valence-electron chi connectivity index (χ2n) is 6.15. The lowest BCUT2D eigenvalue weighted by Gasteiger charge is -2.07. The Morgan fingerprint density at radius 3 is 2.27 bits per heavy atom. The molecule has 3 aromatic carbocycles. The molecule has 3 rings (SSSR count). The van der Waals surface area contributed by atoms with Gasteiger partial charge >= 0.3 is 11.8 Å². The van der Waals surface area contributed by atoms with Crippen LogP contribution in [0.15, 0.2) is 77.9 Å². The van der Waals surface area contributed by atoms with Gasteiger partial charge in [-0.3, -0.25) is 9.59 Å². The largest absolute Gasteiger partial charge is 0.489 e. The Kier molecular flexibility index (Phi) is 7.43. The average molecular weight is 442 g/mol. The molecule has 0 fully saturated rings. The fourth-order valence-electron chi connectivity index (χ4n) is 2.37. The Morgan fingerprint density at radius 1 is 0.900 bits per heavy atom. The lowest BCUT2D eigenvalue weighted by atomic mass is 10.2. The van der Waals surface area contributed by atoms with E-state index in [1.54, 1.807) is 54.6 Å². The highest BCUT2D eigenvalue weighted by Gasteiger charge is 2.12. The molecule has 0 saturated heterocycles. The third-order valence-corrected chi connectivity index (χ3v) is 4.37. The summed E-state index contributed by atoms with van der Waals surface area (Å²) in [7, 11) is 0. The van der Waals surface area contributed by atoms with Crippen LogP contribution in [0.3, 0.4) is 0 Å². The van der Waals surface area contributed by atoms with Crippen LogP contribution in [0, 0.1) is 0 Å². The van der Waals surface area contributed by atoms with Gasteiger partial charge in [-0.05, 0) is 59.7 Å². The first-order valence-corrected chi connectivity index (χ1v) is 9.62. The van der Waals surface area contributed by atoms with Crippen molar-refractivity contribution in [2.45, 2.75) is 6.61 Å². The molecule has 0 radical (unpaired) electrons. The van der Waals surface area contributed by atoms with E-state index < -0.39 is 11.8 Å². The van der Waals surface area contributed by atoms with Crippen LogP contribution in [0.1, 0.15) is 11.1 Å². The molecule has 0 aliphatic rings. The third kappa shape index (κ3) is 6.62. The number of carbonyl (C=O) groups is 2. The predicted octanol–water partition coefficient (Wildman–Crippen LogP) is 4.66. The van der Waals surface area contributed by atoms with E-state index in [-0.39, 0.29) is 0 Å². The zero-order valence-electron chi connectivity index (χ0n) is 15.6. The molecule has 0 aliphatic heterocycles. The van der Waals surface area contributed by atoms with E-state index in [1.807, 2.05) is 18.2 Å². The van der Waals surface area contributed by atoms with Crippen LogP contribution >= 0.6 is 23.2 Å². The van der Waals surface area contributed by atoms with Crippen molar-refractivity contribution in [1.29, 1.82) is 0 Å². The molecule has 0 aliphatic carbocycles. The van der Waals surface area contributed by atoms with Gasteiger partial charge in [-0.25, -0.2) is 5.43 Å². The van der Waals surface area contributed by atoms with Crippen LogP contribution in [-0.4, -0.2) is 18.0 Å². The number of hydrogen-bond donors (Lipinski definition) is 2. The molecule has 0 spiro atoms. The van der Waals surface area contributed by atoms with E-state index in [0.29, 0.717) is 33.7 Å². The lowest BCUT2D eigenvalue weighted by Crippen LogP contribution is -2.32. The van der Waals surface area contributed by atoms with Crippen molar-refractivity contribution in [3.63, 3.8) is 0 Å². The van der Waals surface area contributed by atoms with Crippen LogP contribution in [0.2, 0.25) is 10.0 Å². The van der Waals surface area contributed by atoms with E-state index in [9.17, 15) is 9.59 Å². The molecular weight excluding hydrogens is 425 g/mol. The summed E-state index contributed by atoms with van der Waals surface area (Å²) in [5.41, 5.74) is 4.32. The van der Waals surface area contributed by atoms with Crippen LogP contribution < -0.4 is 15.5 Å². The molecule has 3 aromatic rings. The van der Waals surface area contributed by atoms with E-state index >= 15 is 0 Å². The molecule has 8 heteroatoms. The average Bonchev–Trinajstić information content (AvgIpc) is 2.75. The summed E-state index contributed by atoms with van der Waals surface area (Å²) in [5.74, 6) is -1.09. The Balaban J connectivity index is 1.51. The molecule has 0 heterocycles. The number of hydrogen-bond acceptors (Lipinski definition) is 4. The molecule has 0 bridgehead atoms. The van der Waals surface area contributed by atoms with Crippen molar-refractivity contribution in [3.8, 4) is 5.75 Å². The van der Waals surface area contributed by atoms with Gasteiger partial charge < -0.3 is 10.1 Å². The standard InChI is InChI=1S/C22H17Cl2N3O3/c23-17-6-4-15(5-7-17)14-30-20-3-1-2-16(12-20)13-25-27-22(29)21(28)26-19-10-8-18(24)9-11-19/h1-13H,14H2,(H,26,28)(H,27,29)/b25-13-. The molecule has 152 valence electrons. The summed E-state index contributed by atoms with van der Waals surface area (Å²) in [6, 6.07) is 20.9. The minimum atomic E-state index is -0.892. The molecule has 0 aromatic heterocycles. The minimum absolute atomic E-state index is 0.388. The number of benzene rings is 3. The number of hydrazone groups is 1. The van der Waals surface area contributed by atoms with Gasteiger partial charge in [0.25, 0.3) is 0 Å². The highest BCUT2D eigenvalue weighted by Crippen LogP contribution is 2.16. The number of nitrogens with zero attached hydrogens (tertiary/aromatic N) is 1. The lowest BCUT2D eigenvalue weighted by molar-refractivity contribution is -0.136. The first-order chi connectivity index (χ1) is 14.5. The maximum atomic E-state index is 11.9. The minimum Gasteiger partial charge on any atom is -0.489 e. The molecule has 0 saturated carbocycles. The van der Waals surface area contributed by atoms with Gasteiger partial charge in [0.2, 0.25) is 0 Å². The van der Waals surface area contributed by atoms with Gasteiger partial charge in [-0.2, -0.15) is 5.10 Å². The van der Waals surface area contributed by atoms with Crippen molar-refractivity contribution in [1.82, 2.24) is 5.43 Å². The van der Waals surface area contributed by atoms with Crippen LogP contribution in [0.25, 0.3) is 0 Å². The molecule has 2 N–H and O–H groups in total. The first-order valence-electron chi connectivity index (χ1n) is 8.87. The Bertz CT molecular complexity index is 1050. The van der Waals surface area contributed by atoms with Gasteiger partial charge in [-0.1, -0.05) is 47.5 Å². The molecular formula is C22H17Cl2N3O3. The third-order valence-electron chi connectivity index (χ3n) is 3.86. The quantitative estimate of drug-likeness (QED) is 0.331. The highest BCUT2D eigenvalue weighted by molar-refractivity contribution is 6.39. The van der Waals surface area contributed by atoms with Crippen molar-refractivity contribution in [2.75, 3.05) is 5.32 Å². The predicted molar refractivity (Wildman–Crippen MR) is 118 cm³/mol. The van der Waals surface area contributed by atoms with Crippen LogP contribution in [0.4, 0.5) is 5.69 Å². The van der Waals surface area contributed by atoms with E-state index in [1.165, 1.54) is 6.21 Å². The molecule has 0 unspecified atom stereocenters. The van der Waals surface area contributed by atoms with E-state index in [4.69, 9.17) is 27.9 Å². The number of halogens is 2. The van der Waals surface area contributed by atoms with Crippen molar-refractivity contribution < 1.29 is 14.3 Å². The van der Waals surface area contributed by atoms with Crippen molar-refractivity contribution in [3.05, 3.63) is 94.0 Å². The first kappa shape index (κ1) is 21.4. The molecule has 2 amide bonds. The topological polar surface area (TPSA) is 79.8 Å². The monoisotopic (exact) mass is 441 g/mol. The van der Waals surface area contributed by atoms with E-state index in [0.717, 1.165) is 5.56 Å². The maximum absolute atomic E-state index is 11.9. The summed E-state index contributed by atoms with van der Waals surface area (Å²) in [4.78, 5) is 23.7. The number of anilines is 1. The SMILES string of the molecule is O=C(N/N=C\c1cccc(OCc2ccc(Cl)cc2)c1)C(=O)Nc1ccc(Cl)cc1. The van der Waals surface area contributed by atoms with Gasteiger partial charge in [0.05, 0.1) is 6.21 Å². The number of rotatable bonds is 6. The van der Waals surface area contributed by atoms with Crippen LogP contribution in [0.5, 0.6) is 5.75 Å². The van der Waals surface area contributed by atoms with Gasteiger partial charge in [-0.15, -0.1) is 0 Å². The smallest absolute Gasteiger partial charge is 0.329 e. The van der Waals surface area contributed by atoms with Gasteiger partial charge in [0, 0.05) is 15.7 Å². The summed E-state index contributed by atoms with van der Waals surface area (Å²) >= 11 is 11.7. The highest BCUT2D eigenvalue weighted by atomic mass is 35.5. The maximum Gasteiger partial charge on any atom is 0.329 e. The summed E-state index contributed by atoms with van der Waals surface area (Å²) in [5, 5.41) is 7.46. The van der Waals surface area contributed by atoms with Crippen molar-refractivity contribution >= 4 is 46.9 Å². The number of ether oxygens (including phenoxy) is 1. The number of nitrogens with one attached hydrogen (secondary N) is 2. The van der Waals surface area contributed by atoms with Crippen LogP contribution in [-0.2, 0) is 16.2 Å². The second-order valence-corrected chi connectivity index (χ2v) is 7.02. The fourth-order valence-corrected chi connectivity index (χ4v) is 2.62. The Morgan fingerprint density at radius 2 is 1.57 bits per heavy atom. The molecule has 30 heavy (non-hydrogen) atoms. The molecule has 6 nitrogen and oxygen atoms in total. The fraction of sp³-hybridized carbons (Fsp3) is 0.0455.